The summed E-state index contributed by atoms with van der Waals surface area (Å²) >= 11 is 6.18. The van der Waals surface area contributed by atoms with Gasteiger partial charge in [-0.15, -0.1) is 0 Å². The van der Waals surface area contributed by atoms with Gasteiger partial charge in [0, 0.05) is 30.1 Å². The number of hydrogen-bond donors (Lipinski definition) is 1. The molecule has 1 unspecified atom stereocenters. The van der Waals surface area contributed by atoms with E-state index < -0.39 is 0 Å². The molecule has 0 bridgehead atoms. The van der Waals surface area contributed by atoms with Crippen LogP contribution >= 0.6 is 11.6 Å². The first kappa shape index (κ1) is 14.2. The van der Waals surface area contributed by atoms with Crippen molar-refractivity contribution in [3.8, 4) is 5.75 Å². The Morgan fingerprint density at radius 2 is 2.35 bits per heavy atom. The number of benzene rings is 1. The highest BCUT2D eigenvalue weighted by molar-refractivity contribution is 6.30. The topological polar surface area (TPSA) is 24.5 Å². The molecule has 3 nitrogen and oxygen atoms in total. The van der Waals surface area contributed by atoms with Crippen LogP contribution in [0.25, 0.3) is 0 Å². The Morgan fingerprint density at radius 1 is 1.45 bits per heavy atom. The highest BCUT2D eigenvalue weighted by Gasteiger charge is 2.21. The van der Waals surface area contributed by atoms with E-state index in [1.165, 1.54) is 37.2 Å². The lowest BCUT2D eigenvalue weighted by Crippen LogP contribution is -2.26. The smallest absolute Gasteiger partial charge is 0.127 e. The molecule has 0 amide bonds. The van der Waals surface area contributed by atoms with Crippen molar-refractivity contribution in [1.82, 2.24) is 10.2 Å². The Morgan fingerprint density at radius 3 is 3.15 bits per heavy atom. The summed E-state index contributed by atoms with van der Waals surface area (Å²) in [6.45, 7) is 8.61. The summed E-state index contributed by atoms with van der Waals surface area (Å²) in [6, 6.07) is 4.06. The Kier molecular flexibility index (Phi) is 4.49. The average molecular weight is 295 g/mol. The molecule has 2 heterocycles. The summed E-state index contributed by atoms with van der Waals surface area (Å²) < 4.78 is 5.73. The summed E-state index contributed by atoms with van der Waals surface area (Å²) in [5.74, 6) is 1.84. The van der Waals surface area contributed by atoms with Gasteiger partial charge in [0.25, 0.3) is 0 Å². The van der Waals surface area contributed by atoms with Gasteiger partial charge in [0.2, 0.25) is 0 Å². The largest absolute Gasteiger partial charge is 0.493 e. The van der Waals surface area contributed by atoms with Crippen molar-refractivity contribution in [3.05, 3.63) is 28.3 Å². The molecule has 1 aromatic carbocycles. The fourth-order valence-electron chi connectivity index (χ4n) is 3.25. The van der Waals surface area contributed by atoms with Gasteiger partial charge in [0.1, 0.15) is 5.75 Å². The van der Waals surface area contributed by atoms with Crippen molar-refractivity contribution in [2.45, 2.75) is 26.3 Å². The van der Waals surface area contributed by atoms with Gasteiger partial charge < -0.3 is 15.0 Å². The number of ether oxygens (including phenoxy) is 1. The Hall–Kier alpha value is -0.770. The van der Waals surface area contributed by atoms with Crippen LogP contribution in [0.1, 0.15) is 24.5 Å². The Balaban J connectivity index is 1.54. The first-order chi connectivity index (χ1) is 9.76. The maximum Gasteiger partial charge on any atom is 0.127 e. The van der Waals surface area contributed by atoms with E-state index in [2.05, 4.69) is 17.1 Å². The first-order valence-corrected chi connectivity index (χ1v) is 8.01. The summed E-state index contributed by atoms with van der Waals surface area (Å²) in [4.78, 5) is 2.52. The standard InChI is InChI=1S/C16H23ClN2O/c1-2-19-5-3-12(11-19)9-18-10-14-8-15(17)7-13-4-6-20-16(13)14/h7-8,12,18H,2-6,9-11H2,1H3. The van der Waals surface area contributed by atoms with Crippen molar-refractivity contribution < 1.29 is 4.74 Å². The maximum atomic E-state index is 6.18. The minimum atomic E-state index is 0.781. The Labute approximate surface area is 126 Å². The normalized spacial score (nSPS) is 22.0. The van der Waals surface area contributed by atoms with Crippen LogP contribution in [0.5, 0.6) is 5.75 Å². The molecule has 20 heavy (non-hydrogen) atoms. The van der Waals surface area contributed by atoms with E-state index in [1.54, 1.807) is 0 Å². The summed E-state index contributed by atoms with van der Waals surface area (Å²) in [5.41, 5.74) is 2.46. The number of halogens is 1. The predicted molar refractivity (Wildman–Crippen MR) is 82.6 cm³/mol. The molecule has 1 atom stereocenters. The lowest BCUT2D eigenvalue weighted by atomic mass is 10.1. The molecule has 0 radical (unpaired) electrons. The van der Waals surface area contributed by atoms with Crippen LogP contribution in [-0.2, 0) is 13.0 Å². The van der Waals surface area contributed by atoms with E-state index in [0.29, 0.717) is 0 Å². The fourth-order valence-corrected chi connectivity index (χ4v) is 3.52. The van der Waals surface area contributed by atoms with Gasteiger partial charge in [0.15, 0.2) is 0 Å². The predicted octanol–water partition coefficient (Wildman–Crippen LogP) is 2.71. The van der Waals surface area contributed by atoms with Crippen molar-refractivity contribution in [2.24, 2.45) is 5.92 Å². The molecule has 4 heteroatoms. The zero-order valence-electron chi connectivity index (χ0n) is 12.1. The summed E-state index contributed by atoms with van der Waals surface area (Å²) in [7, 11) is 0. The minimum Gasteiger partial charge on any atom is -0.493 e. The van der Waals surface area contributed by atoms with Crippen molar-refractivity contribution >= 4 is 11.6 Å². The molecule has 0 spiro atoms. The monoisotopic (exact) mass is 294 g/mol. The molecule has 0 aromatic heterocycles. The van der Waals surface area contributed by atoms with Crippen LogP contribution in [0, 0.1) is 5.92 Å². The summed E-state index contributed by atoms with van der Waals surface area (Å²) in [5, 5.41) is 4.40. The lowest BCUT2D eigenvalue weighted by Gasteiger charge is -2.15. The Bertz CT molecular complexity index is 478. The molecule has 2 aliphatic rings. The third-order valence-electron chi connectivity index (χ3n) is 4.39. The van der Waals surface area contributed by atoms with E-state index >= 15 is 0 Å². The first-order valence-electron chi connectivity index (χ1n) is 7.63. The van der Waals surface area contributed by atoms with E-state index in [1.807, 2.05) is 12.1 Å². The van der Waals surface area contributed by atoms with E-state index in [4.69, 9.17) is 16.3 Å². The van der Waals surface area contributed by atoms with Crippen LogP contribution in [0.2, 0.25) is 5.02 Å². The third kappa shape index (κ3) is 3.11. The van der Waals surface area contributed by atoms with Gasteiger partial charge >= 0.3 is 0 Å². The molecule has 2 aliphatic heterocycles. The number of rotatable bonds is 5. The van der Waals surface area contributed by atoms with E-state index in [0.717, 1.165) is 42.8 Å². The van der Waals surface area contributed by atoms with E-state index in [-0.39, 0.29) is 0 Å². The molecular weight excluding hydrogens is 272 g/mol. The van der Waals surface area contributed by atoms with Gasteiger partial charge in [0.05, 0.1) is 6.61 Å². The highest BCUT2D eigenvalue weighted by Crippen LogP contribution is 2.32. The zero-order chi connectivity index (χ0) is 13.9. The summed E-state index contributed by atoms with van der Waals surface area (Å²) in [6.07, 6.45) is 2.29. The molecule has 1 N–H and O–H groups in total. The molecule has 1 fully saturated rings. The molecule has 3 rings (SSSR count). The molecule has 0 aliphatic carbocycles. The van der Waals surface area contributed by atoms with Gasteiger partial charge in [-0.1, -0.05) is 18.5 Å². The third-order valence-corrected chi connectivity index (χ3v) is 4.61. The number of fused-ring (bicyclic) bond motifs is 1. The second-order valence-electron chi connectivity index (χ2n) is 5.83. The van der Waals surface area contributed by atoms with Gasteiger partial charge in [-0.25, -0.2) is 0 Å². The average Bonchev–Trinajstić information content (AvgIpc) is 3.06. The van der Waals surface area contributed by atoms with Crippen LogP contribution < -0.4 is 10.1 Å². The number of nitrogens with zero attached hydrogens (tertiary/aromatic N) is 1. The van der Waals surface area contributed by atoms with Crippen molar-refractivity contribution in [1.29, 1.82) is 0 Å². The lowest BCUT2D eigenvalue weighted by molar-refractivity contribution is 0.337. The molecule has 1 aromatic rings. The minimum absolute atomic E-state index is 0.781. The van der Waals surface area contributed by atoms with Gasteiger partial charge in [-0.05, 0) is 49.7 Å². The SMILES string of the molecule is CCN1CCC(CNCc2cc(Cl)cc3c2OCC3)C1. The molecule has 1 saturated heterocycles. The fraction of sp³-hybridized carbons (Fsp3) is 0.625. The molecular formula is C16H23ClN2O. The van der Waals surface area contributed by atoms with Crippen LogP contribution in [-0.4, -0.2) is 37.7 Å². The quantitative estimate of drug-likeness (QED) is 0.904. The molecule has 0 saturated carbocycles. The van der Waals surface area contributed by atoms with E-state index in [9.17, 15) is 0 Å². The second kappa shape index (κ2) is 6.33. The highest BCUT2D eigenvalue weighted by atomic mass is 35.5. The van der Waals surface area contributed by atoms with Crippen molar-refractivity contribution in [2.75, 3.05) is 32.8 Å². The van der Waals surface area contributed by atoms with Crippen LogP contribution in [0.4, 0.5) is 0 Å². The van der Waals surface area contributed by atoms with Crippen LogP contribution in [0.3, 0.4) is 0 Å². The second-order valence-corrected chi connectivity index (χ2v) is 6.27. The molecule has 110 valence electrons. The van der Waals surface area contributed by atoms with Gasteiger partial charge in [-0.3, -0.25) is 0 Å². The number of hydrogen-bond acceptors (Lipinski definition) is 3. The van der Waals surface area contributed by atoms with Crippen molar-refractivity contribution in [3.63, 3.8) is 0 Å². The number of nitrogens with one attached hydrogen (secondary N) is 1. The number of likely N-dealkylation sites (tertiary alicyclic amines) is 1. The maximum absolute atomic E-state index is 6.18. The zero-order valence-corrected chi connectivity index (χ0v) is 12.9. The van der Waals surface area contributed by atoms with Gasteiger partial charge in [-0.2, -0.15) is 0 Å². The van der Waals surface area contributed by atoms with Crippen LogP contribution in [0.15, 0.2) is 12.1 Å².